The Morgan fingerprint density at radius 3 is 2.18 bits per heavy atom. The van der Waals surface area contributed by atoms with Gasteiger partial charge in [-0.3, -0.25) is 0 Å². The van der Waals surface area contributed by atoms with Gasteiger partial charge in [-0.1, -0.05) is 75.4 Å². The summed E-state index contributed by atoms with van der Waals surface area (Å²) < 4.78 is 5.72. The largest absolute Gasteiger partial charge is 0.375 e. The highest BCUT2D eigenvalue weighted by molar-refractivity contribution is 5.27. The molecule has 0 saturated carbocycles. The number of nitrogens with one attached hydrogen (secondary N) is 1. The first kappa shape index (κ1) is 16.7. The molecule has 0 aliphatic rings. The van der Waals surface area contributed by atoms with Crippen molar-refractivity contribution in [2.75, 3.05) is 13.2 Å². The smallest absolute Gasteiger partial charge is 0.0717 e. The fourth-order valence-corrected chi connectivity index (χ4v) is 2.26. The van der Waals surface area contributed by atoms with Crippen molar-refractivity contribution in [3.05, 3.63) is 71.3 Å². The van der Waals surface area contributed by atoms with E-state index in [-0.39, 0.29) is 5.41 Å². The molecule has 1 N–H and O–H groups in total. The molecule has 0 aromatic heterocycles. The monoisotopic (exact) mass is 297 g/mol. The van der Waals surface area contributed by atoms with Crippen LogP contribution in [0.15, 0.2) is 54.6 Å². The number of hydrogen-bond acceptors (Lipinski definition) is 2. The third kappa shape index (κ3) is 5.63. The summed E-state index contributed by atoms with van der Waals surface area (Å²) in [5.41, 5.74) is 4.11. The third-order valence-electron chi connectivity index (χ3n) is 3.68. The minimum atomic E-state index is 0.209. The van der Waals surface area contributed by atoms with Gasteiger partial charge in [0.15, 0.2) is 0 Å². The van der Waals surface area contributed by atoms with Crippen LogP contribution < -0.4 is 5.32 Å². The molecule has 0 aliphatic heterocycles. The summed E-state index contributed by atoms with van der Waals surface area (Å²) in [5.74, 6) is 0. The van der Waals surface area contributed by atoms with E-state index in [0.29, 0.717) is 6.61 Å². The fraction of sp³-hybridized carbons (Fsp3) is 0.400. The van der Waals surface area contributed by atoms with Crippen LogP contribution in [0.1, 0.15) is 37.5 Å². The molecule has 2 rings (SSSR count). The van der Waals surface area contributed by atoms with Gasteiger partial charge < -0.3 is 10.1 Å². The lowest BCUT2D eigenvalue weighted by molar-refractivity contribution is 0.122. The van der Waals surface area contributed by atoms with Crippen LogP contribution in [0.2, 0.25) is 0 Å². The average molecular weight is 297 g/mol. The Morgan fingerprint density at radius 1 is 0.864 bits per heavy atom. The third-order valence-corrected chi connectivity index (χ3v) is 3.68. The molecule has 0 saturated heterocycles. The van der Waals surface area contributed by atoms with Gasteiger partial charge in [-0.05, 0) is 22.1 Å². The van der Waals surface area contributed by atoms with Crippen LogP contribution >= 0.6 is 0 Å². The minimum absolute atomic E-state index is 0.209. The zero-order chi connectivity index (χ0) is 15.8. The van der Waals surface area contributed by atoms with Gasteiger partial charge in [-0.2, -0.15) is 0 Å². The van der Waals surface area contributed by atoms with Gasteiger partial charge in [-0.15, -0.1) is 0 Å². The zero-order valence-electron chi connectivity index (χ0n) is 13.9. The predicted octanol–water partition coefficient (Wildman–Crippen LogP) is 4.29. The number of rotatable bonds is 7. The van der Waals surface area contributed by atoms with E-state index in [1.807, 2.05) is 6.07 Å². The van der Waals surface area contributed by atoms with E-state index in [0.717, 1.165) is 19.7 Å². The lowest BCUT2D eigenvalue weighted by Gasteiger charge is -2.19. The summed E-state index contributed by atoms with van der Waals surface area (Å²) in [5, 5.41) is 3.39. The molecule has 0 fully saturated rings. The molecule has 0 atom stereocenters. The normalized spacial score (nSPS) is 11.6. The molecule has 22 heavy (non-hydrogen) atoms. The molecule has 2 aromatic rings. The Kier molecular flexibility index (Phi) is 6.17. The molecule has 0 amide bonds. The van der Waals surface area contributed by atoms with Crippen LogP contribution in [0.4, 0.5) is 0 Å². The molecule has 0 spiro atoms. The molecule has 0 bridgehead atoms. The summed E-state index contributed by atoms with van der Waals surface area (Å²) in [6.45, 7) is 9.87. The van der Waals surface area contributed by atoms with Crippen molar-refractivity contribution in [1.29, 1.82) is 0 Å². The quantitative estimate of drug-likeness (QED) is 0.770. The second kappa shape index (κ2) is 8.11. The van der Waals surface area contributed by atoms with Crippen molar-refractivity contribution >= 4 is 0 Å². The van der Waals surface area contributed by atoms with Crippen LogP contribution in [-0.4, -0.2) is 13.2 Å². The van der Waals surface area contributed by atoms with Gasteiger partial charge in [0.1, 0.15) is 0 Å². The van der Waals surface area contributed by atoms with Gasteiger partial charge in [0.2, 0.25) is 0 Å². The number of ether oxygens (including phenoxy) is 1. The molecule has 118 valence electrons. The summed E-state index contributed by atoms with van der Waals surface area (Å²) in [6, 6.07) is 19.2. The van der Waals surface area contributed by atoms with Crippen molar-refractivity contribution in [3.8, 4) is 0 Å². The molecule has 2 nitrogen and oxygen atoms in total. The first-order valence-electron chi connectivity index (χ1n) is 7.97. The van der Waals surface area contributed by atoms with Crippen LogP contribution in [0, 0.1) is 0 Å². The summed E-state index contributed by atoms with van der Waals surface area (Å²) in [7, 11) is 0. The highest BCUT2D eigenvalue weighted by Gasteiger charge is 2.12. The number of hydrogen-bond donors (Lipinski definition) is 1. The van der Waals surface area contributed by atoms with Crippen molar-refractivity contribution in [1.82, 2.24) is 5.32 Å². The van der Waals surface area contributed by atoms with E-state index in [4.69, 9.17) is 4.74 Å². The summed E-state index contributed by atoms with van der Waals surface area (Å²) in [6.07, 6.45) is 0. The van der Waals surface area contributed by atoms with Crippen molar-refractivity contribution in [3.63, 3.8) is 0 Å². The lowest BCUT2D eigenvalue weighted by atomic mass is 9.87. The van der Waals surface area contributed by atoms with E-state index in [2.05, 4.69) is 74.6 Å². The molecule has 2 aromatic carbocycles. The maximum atomic E-state index is 5.72. The average Bonchev–Trinajstić information content (AvgIpc) is 2.51. The van der Waals surface area contributed by atoms with Crippen LogP contribution in [0.25, 0.3) is 0 Å². The molecular formula is C20H27NO. The Morgan fingerprint density at radius 2 is 1.55 bits per heavy atom. The van der Waals surface area contributed by atoms with Gasteiger partial charge >= 0.3 is 0 Å². The van der Waals surface area contributed by atoms with Crippen LogP contribution in [0.3, 0.4) is 0 Å². The topological polar surface area (TPSA) is 21.3 Å². The Labute approximate surface area is 134 Å². The maximum absolute atomic E-state index is 5.72. The highest BCUT2D eigenvalue weighted by Crippen LogP contribution is 2.22. The first-order chi connectivity index (χ1) is 10.6. The second-order valence-electron chi connectivity index (χ2n) is 6.66. The van der Waals surface area contributed by atoms with Crippen LogP contribution in [-0.2, 0) is 23.3 Å². The van der Waals surface area contributed by atoms with Crippen LogP contribution in [0.5, 0.6) is 0 Å². The van der Waals surface area contributed by atoms with Gasteiger partial charge in [-0.25, -0.2) is 0 Å². The Bertz CT molecular complexity index is 540. The predicted molar refractivity (Wildman–Crippen MR) is 92.9 cm³/mol. The van der Waals surface area contributed by atoms with Crippen molar-refractivity contribution in [2.45, 2.75) is 39.3 Å². The maximum Gasteiger partial charge on any atom is 0.0717 e. The fourth-order valence-electron chi connectivity index (χ4n) is 2.26. The molecule has 0 radical (unpaired) electrons. The molecule has 0 heterocycles. The van der Waals surface area contributed by atoms with E-state index < -0.39 is 0 Å². The minimum Gasteiger partial charge on any atom is -0.375 e. The first-order valence-corrected chi connectivity index (χ1v) is 7.97. The van der Waals surface area contributed by atoms with E-state index in [9.17, 15) is 0 Å². The van der Waals surface area contributed by atoms with E-state index in [1.54, 1.807) is 0 Å². The zero-order valence-corrected chi connectivity index (χ0v) is 13.9. The summed E-state index contributed by atoms with van der Waals surface area (Å²) in [4.78, 5) is 0. The van der Waals surface area contributed by atoms with E-state index in [1.165, 1.54) is 16.7 Å². The van der Waals surface area contributed by atoms with Gasteiger partial charge in [0.25, 0.3) is 0 Å². The van der Waals surface area contributed by atoms with Crippen molar-refractivity contribution < 1.29 is 4.74 Å². The second-order valence-corrected chi connectivity index (χ2v) is 6.66. The highest BCUT2D eigenvalue weighted by atomic mass is 16.5. The summed E-state index contributed by atoms with van der Waals surface area (Å²) >= 11 is 0. The Hall–Kier alpha value is -1.64. The lowest BCUT2D eigenvalue weighted by Crippen LogP contribution is -2.19. The van der Waals surface area contributed by atoms with E-state index >= 15 is 0 Å². The molecule has 0 unspecified atom stereocenters. The number of benzene rings is 2. The van der Waals surface area contributed by atoms with Gasteiger partial charge in [0.05, 0.1) is 13.2 Å². The molecular weight excluding hydrogens is 270 g/mol. The molecule has 0 aliphatic carbocycles. The van der Waals surface area contributed by atoms with Gasteiger partial charge in [0, 0.05) is 13.1 Å². The van der Waals surface area contributed by atoms with Crippen molar-refractivity contribution in [2.24, 2.45) is 0 Å². The Balaban J connectivity index is 1.62. The SMILES string of the molecule is CC(C)(C)c1ccc(COCCNCc2ccccc2)cc1. The standard InChI is InChI=1S/C20H27NO/c1-20(2,3)19-11-9-18(10-12-19)16-22-14-13-21-15-17-7-5-4-6-8-17/h4-12,21H,13-16H2,1-3H3. The molecule has 2 heteroatoms.